The molecule has 0 bridgehead atoms. The van der Waals surface area contributed by atoms with Crippen molar-refractivity contribution in [2.24, 2.45) is 0 Å². The topological polar surface area (TPSA) is 23.1 Å². The fraction of sp³-hybridized carbons (Fsp3) is 0.600. The Morgan fingerprint density at radius 3 is 1.86 bits per heavy atom. The van der Waals surface area contributed by atoms with Crippen LogP contribution < -0.4 is 5.11 Å². The van der Waals surface area contributed by atoms with E-state index in [2.05, 4.69) is 0 Å². The fourth-order valence-corrected chi connectivity index (χ4v) is 0. The Balaban J connectivity index is 0. The van der Waals surface area contributed by atoms with Crippen LogP contribution in [0.25, 0.3) is 0 Å². The van der Waals surface area contributed by atoms with Gasteiger partial charge in [-0.25, -0.2) is 0 Å². The van der Waals surface area contributed by atoms with Gasteiger partial charge in [-0.3, -0.25) is 5.57 Å². The molecule has 1 radical (unpaired) electrons. The van der Waals surface area contributed by atoms with Gasteiger partial charge in [-0.15, -0.1) is 6.10 Å². The van der Waals surface area contributed by atoms with Crippen molar-refractivity contribution in [2.45, 2.75) is 20.0 Å². The van der Waals surface area contributed by atoms with Crippen LogP contribution in [0, 0.1) is 6.58 Å². The summed E-state index contributed by atoms with van der Waals surface area (Å²) in [6, 6.07) is 0. The average Bonchev–Trinajstić information content (AvgIpc) is 1.36. The quantitative estimate of drug-likeness (QED) is 0.373. The SMILES string of the molecule is [CH-]=C(C)C(C)[O-].[Mn]. The summed E-state index contributed by atoms with van der Waals surface area (Å²) < 4.78 is 0. The molecule has 0 aromatic carbocycles. The van der Waals surface area contributed by atoms with Crippen molar-refractivity contribution < 1.29 is 22.2 Å². The molecule has 0 saturated heterocycles. The molecule has 0 aliphatic rings. The maximum absolute atomic E-state index is 10.1. The smallest absolute Gasteiger partial charge is 0 e. The van der Waals surface area contributed by atoms with Crippen LogP contribution >= 0.6 is 0 Å². The molecule has 0 saturated carbocycles. The largest absolute Gasteiger partial charge is 0.851 e. The fourth-order valence-electron chi connectivity index (χ4n) is 0. The van der Waals surface area contributed by atoms with Crippen LogP contribution in [0.15, 0.2) is 5.57 Å². The van der Waals surface area contributed by atoms with E-state index >= 15 is 0 Å². The van der Waals surface area contributed by atoms with Crippen LogP contribution in [0.2, 0.25) is 0 Å². The van der Waals surface area contributed by atoms with Gasteiger partial charge in [-0.2, -0.15) is 0 Å². The van der Waals surface area contributed by atoms with Crippen LogP contribution in [0.5, 0.6) is 0 Å². The van der Waals surface area contributed by atoms with Gasteiger partial charge in [-0.1, -0.05) is 13.8 Å². The summed E-state index contributed by atoms with van der Waals surface area (Å²) in [4.78, 5) is 0. The van der Waals surface area contributed by atoms with Gasteiger partial charge in [0.05, 0.1) is 0 Å². The first-order valence-corrected chi connectivity index (χ1v) is 1.89. The van der Waals surface area contributed by atoms with Crippen molar-refractivity contribution in [2.75, 3.05) is 0 Å². The summed E-state index contributed by atoms with van der Waals surface area (Å²) >= 11 is 0. The van der Waals surface area contributed by atoms with E-state index in [1.807, 2.05) is 0 Å². The predicted octanol–water partition coefficient (Wildman–Crippen LogP) is 0.112. The molecule has 0 aliphatic carbocycles. The van der Waals surface area contributed by atoms with Gasteiger partial charge < -0.3 is 11.7 Å². The van der Waals surface area contributed by atoms with Gasteiger partial charge in [0.25, 0.3) is 0 Å². The van der Waals surface area contributed by atoms with Crippen molar-refractivity contribution in [3.63, 3.8) is 0 Å². The summed E-state index contributed by atoms with van der Waals surface area (Å²) in [5, 5.41) is 10.1. The summed E-state index contributed by atoms with van der Waals surface area (Å²) in [5.41, 5.74) is 0.454. The third-order valence-electron chi connectivity index (χ3n) is 0.641. The zero-order valence-electron chi connectivity index (χ0n) is 4.44. The molecular formula is C5H8MnO-2. The van der Waals surface area contributed by atoms with Crippen LogP contribution in [0.4, 0.5) is 0 Å². The molecule has 0 N–H and O–H groups in total. The minimum Gasteiger partial charge on any atom is -0.851 e. The maximum Gasteiger partial charge on any atom is 0 e. The van der Waals surface area contributed by atoms with Gasteiger partial charge in [0, 0.05) is 17.1 Å². The third-order valence-corrected chi connectivity index (χ3v) is 0.641. The minimum atomic E-state index is -0.704. The number of hydrogen-bond donors (Lipinski definition) is 0. The van der Waals surface area contributed by atoms with Gasteiger partial charge in [0.2, 0.25) is 0 Å². The third kappa shape index (κ3) is 6.22. The maximum atomic E-state index is 10.1. The van der Waals surface area contributed by atoms with Crippen LogP contribution in [-0.2, 0) is 17.1 Å². The second-order valence-electron chi connectivity index (χ2n) is 1.39. The molecule has 0 heterocycles. The van der Waals surface area contributed by atoms with Gasteiger partial charge >= 0.3 is 0 Å². The predicted molar refractivity (Wildman–Crippen MR) is 22.9 cm³/mol. The Hall–Kier alpha value is 0.219. The molecule has 2 heteroatoms. The normalized spacial score (nSPS) is 11.9. The molecule has 0 aliphatic heterocycles. The Morgan fingerprint density at radius 2 is 1.86 bits per heavy atom. The minimum absolute atomic E-state index is 0. The van der Waals surface area contributed by atoms with E-state index in [0.29, 0.717) is 5.57 Å². The van der Waals surface area contributed by atoms with E-state index in [9.17, 15) is 5.11 Å². The first-order chi connectivity index (χ1) is 2.64. The number of hydrogen-bond acceptors (Lipinski definition) is 1. The average molecular weight is 139 g/mol. The van der Waals surface area contributed by atoms with E-state index in [1.165, 1.54) is 6.92 Å². The molecule has 7 heavy (non-hydrogen) atoms. The molecule has 1 nitrogen and oxygen atoms in total. The van der Waals surface area contributed by atoms with Crippen LogP contribution in [-0.4, -0.2) is 6.10 Å². The first-order valence-electron chi connectivity index (χ1n) is 1.89. The molecular weight excluding hydrogens is 131 g/mol. The first kappa shape index (κ1) is 10.3. The van der Waals surface area contributed by atoms with Crippen molar-refractivity contribution in [1.29, 1.82) is 0 Å². The number of rotatable bonds is 1. The van der Waals surface area contributed by atoms with Crippen molar-refractivity contribution in [3.05, 3.63) is 12.2 Å². The molecule has 0 aromatic rings. The summed E-state index contributed by atoms with van der Waals surface area (Å²) in [6.07, 6.45) is -0.704. The molecule has 43 valence electrons. The second-order valence-corrected chi connectivity index (χ2v) is 1.39. The van der Waals surface area contributed by atoms with Crippen molar-refractivity contribution in [1.82, 2.24) is 0 Å². The summed E-state index contributed by atoms with van der Waals surface area (Å²) in [5.74, 6) is 0. The molecule has 0 rings (SSSR count). The Morgan fingerprint density at radius 1 is 1.71 bits per heavy atom. The van der Waals surface area contributed by atoms with E-state index in [1.54, 1.807) is 6.92 Å². The second kappa shape index (κ2) is 4.38. The molecule has 0 amide bonds. The van der Waals surface area contributed by atoms with Crippen molar-refractivity contribution >= 4 is 0 Å². The van der Waals surface area contributed by atoms with E-state index in [0.717, 1.165) is 0 Å². The summed E-state index contributed by atoms with van der Waals surface area (Å²) in [6.45, 7) is 8.19. The Bertz CT molecular complexity index is 59.1. The summed E-state index contributed by atoms with van der Waals surface area (Å²) in [7, 11) is 0. The monoisotopic (exact) mass is 139 g/mol. The van der Waals surface area contributed by atoms with E-state index in [-0.39, 0.29) is 17.1 Å². The van der Waals surface area contributed by atoms with Gasteiger partial charge in [-0.05, 0) is 0 Å². The zero-order chi connectivity index (χ0) is 5.15. The molecule has 0 spiro atoms. The van der Waals surface area contributed by atoms with E-state index < -0.39 is 6.10 Å². The Labute approximate surface area is 54.9 Å². The Kier molecular flexibility index (Phi) is 6.41. The van der Waals surface area contributed by atoms with Crippen molar-refractivity contribution in [3.8, 4) is 0 Å². The van der Waals surface area contributed by atoms with E-state index in [4.69, 9.17) is 6.58 Å². The molecule has 0 aromatic heterocycles. The zero-order valence-corrected chi connectivity index (χ0v) is 5.62. The van der Waals surface area contributed by atoms with Crippen LogP contribution in [0.3, 0.4) is 0 Å². The van der Waals surface area contributed by atoms with Gasteiger partial charge in [0.15, 0.2) is 0 Å². The van der Waals surface area contributed by atoms with Gasteiger partial charge in [0.1, 0.15) is 0 Å². The van der Waals surface area contributed by atoms with Crippen LogP contribution in [0.1, 0.15) is 13.8 Å². The molecule has 1 unspecified atom stereocenters. The standard InChI is InChI=1S/C5H8O.Mn/c1-4(2)5(3)6;/h1,5H,2-3H3;/q-2;. The molecule has 0 fully saturated rings. The molecule has 1 atom stereocenters.